The highest BCUT2D eigenvalue weighted by Gasteiger charge is 2.34. The predicted molar refractivity (Wildman–Crippen MR) is 53.6 cm³/mol. The summed E-state index contributed by atoms with van der Waals surface area (Å²) in [6.45, 7) is 6.74. The minimum Gasteiger partial charge on any atom is -0.316 e. The van der Waals surface area contributed by atoms with Gasteiger partial charge in [0.05, 0.1) is 0 Å². The number of hydrogen-bond acceptors (Lipinski definition) is 2. The molecule has 13 heavy (non-hydrogen) atoms. The summed E-state index contributed by atoms with van der Waals surface area (Å²) < 4.78 is 0. The zero-order valence-electron chi connectivity index (χ0n) is 8.34. The standard InChI is InChI=1S/C11H20N2/c1-2-9(1)7-13-4-3-10-5-12-6-11(10)8-13/h9-12H,1-8H2. The minimum atomic E-state index is 0.979. The molecule has 1 N–H and O–H groups in total. The summed E-state index contributed by atoms with van der Waals surface area (Å²) in [5.74, 6) is 3.06. The highest BCUT2D eigenvalue weighted by Crippen LogP contribution is 2.33. The molecule has 1 aliphatic carbocycles. The van der Waals surface area contributed by atoms with Gasteiger partial charge in [-0.15, -0.1) is 0 Å². The van der Waals surface area contributed by atoms with Gasteiger partial charge in [0.15, 0.2) is 0 Å². The Morgan fingerprint density at radius 2 is 1.92 bits per heavy atom. The molecular formula is C11H20N2. The van der Waals surface area contributed by atoms with Gasteiger partial charge in [0.25, 0.3) is 0 Å². The number of hydrogen-bond donors (Lipinski definition) is 1. The second-order valence-corrected chi connectivity index (χ2v) is 5.17. The second-order valence-electron chi connectivity index (χ2n) is 5.17. The van der Waals surface area contributed by atoms with Crippen molar-refractivity contribution in [2.75, 3.05) is 32.7 Å². The Bertz CT molecular complexity index is 189. The summed E-state index contributed by atoms with van der Waals surface area (Å²) in [7, 11) is 0. The number of fused-ring (bicyclic) bond motifs is 1. The van der Waals surface area contributed by atoms with Gasteiger partial charge in [-0.05, 0) is 56.7 Å². The van der Waals surface area contributed by atoms with Crippen LogP contribution in [0, 0.1) is 17.8 Å². The summed E-state index contributed by atoms with van der Waals surface area (Å²) >= 11 is 0. The number of rotatable bonds is 2. The molecule has 0 spiro atoms. The lowest BCUT2D eigenvalue weighted by molar-refractivity contribution is 0.143. The smallest absolute Gasteiger partial charge is 0.00251 e. The fourth-order valence-electron chi connectivity index (χ4n) is 2.94. The fraction of sp³-hybridized carbons (Fsp3) is 1.00. The first-order valence-electron chi connectivity index (χ1n) is 5.85. The molecule has 2 heterocycles. The molecule has 0 amide bonds. The van der Waals surface area contributed by atoms with Crippen molar-refractivity contribution in [1.29, 1.82) is 0 Å². The third-order valence-corrected chi connectivity index (χ3v) is 4.00. The van der Waals surface area contributed by atoms with E-state index in [2.05, 4.69) is 10.2 Å². The van der Waals surface area contributed by atoms with Gasteiger partial charge in [0.2, 0.25) is 0 Å². The third-order valence-electron chi connectivity index (χ3n) is 4.00. The van der Waals surface area contributed by atoms with Crippen LogP contribution in [-0.2, 0) is 0 Å². The van der Waals surface area contributed by atoms with E-state index < -0.39 is 0 Å². The highest BCUT2D eigenvalue weighted by atomic mass is 15.2. The minimum absolute atomic E-state index is 0.979. The van der Waals surface area contributed by atoms with E-state index in [0.29, 0.717) is 0 Å². The van der Waals surface area contributed by atoms with E-state index in [1.807, 2.05) is 0 Å². The van der Waals surface area contributed by atoms with Gasteiger partial charge < -0.3 is 10.2 Å². The molecule has 3 rings (SSSR count). The molecule has 0 aromatic rings. The molecule has 2 heteroatoms. The zero-order valence-corrected chi connectivity index (χ0v) is 8.34. The van der Waals surface area contributed by atoms with E-state index >= 15 is 0 Å². The van der Waals surface area contributed by atoms with Crippen molar-refractivity contribution < 1.29 is 0 Å². The van der Waals surface area contributed by atoms with Gasteiger partial charge in [-0.3, -0.25) is 0 Å². The van der Waals surface area contributed by atoms with E-state index in [-0.39, 0.29) is 0 Å². The van der Waals surface area contributed by atoms with E-state index in [0.717, 1.165) is 17.8 Å². The van der Waals surface area contributed by atoms with Crippen LogP contribution in [0.3, 0.4) is 0 Å². The SMILES string of the molecule is C1CC1CN1CCC2CNCC2C1. The second kappa shape index (κ2) is 3.25. The maximum Gasteiger partial charge on any atom is 0.00251 e. The molecule has 1 saturated carbocycles. The Balaban J connectivity index is 1.54. The molecule has 0 aromatic heterocycles. The van der Waals surface area contributed by atoms with Crippen molar-refractivity contribution in [3.05, 3.63) is 0 Å². The number of likely N-dealkylation sites (tertiary alicyclic amines) is 1. The van der Waals surface area contributed by atoms with E-state index in [9.17, 15) is 0 Å². The molecule has 0 aromatic carbocycles. The van der Waals surface area contributed by atoms with Gasteiger partial charge in [-0.1, -0.05) is 0 Å². The van der Waals surface area contributed by atoms with Crippen molar-refractivity contribution in [3.63, 3.8) is 0 Å². The molecule has 74 valence electrons. The average Bonchev–Trinajstić information content (AvgIpc) is 2.83. The van der Waals surface area contributed by atoms with Crippen molar-refractivity contribution in [3.8, 4) is 0 Å². The molecule has 3 fully saturated rings. The summed E-state index contributed by atoms with van der Waals surface area (Å²) in [6.07, 6.45) is 4.45. The van der Waals surface area contributed by atoms with Gasteiger partial charge in [0, 0.05) is 13.1 Å². The summed E-state index contributed by atoms with van der Waals surface area (Å²) in [4.78, 5) is 2.71. The van der Waals surface area contributed by atoms with E-state index in [4.69, 9.17) is 0 Å². The van der Waals surface area contributed by atoms with Crippen LogP contribution in [0.15, 0.2) is 0 Å². The van der Waals surface area contributed by atoms with Crippen LogP contribution >= 0.6 is 0 Å². The van der Waals surface area contributed by atoms with Crippen LogP contribution in [0.1, 0.15) is 19.3 Å². The lowest BCUT2D eigenvalue weighted by Crippen LogP contribution is -2.40. The molecule has 2 saturated heterocycles. The Morgan fingerprint density at radius 3 is 2.77 bits per heavy atom. The first-order valence-corrected chi connectivity index (χ1v) is 5.85. The van der Waals surface area contributed by atoms with E-state index in [1.165, 1.54) is 52.0 Å². The van der Waals surface area contributed by atoms with Gasteiger partial charge in [-0.25, -0.2) is 0 Å². The molecule has 0 bridgehead atoms. The largest absolute Gasteiger partial charge is 0.316 e. The number of piperidine rings is 1. The Labute approximate surface area is 80.7 Å². The maximum atomic E-state index is 3.53. The van der Waals surface area contributed by atoms with Crippen LogP contribution in [0.2, 0.25) is 0 Å². The highest BCUT2D eigenvalue weighted by molar-refractivity contribution is 4.89. The summed E-state index contributed by atoms with van der Waals surface area (Å²) in [6, 6.07) is 0. The van der Waals surface area contributed by atoms with Gasteiger partial charge in [-0.2, -0.15) is 0 Å². The number of nitrogens with zero attached hydrogens (tertiary/aromatic N) is 1. The molecular weight excluding hydrogens is 160 g/mol. The topological polar surface area (TPSA) is 15.3 Å². The van der Waals surface area contributed by atoms with Crippen LogP contribution in [0.4, 0.5) is 0 Å². The summed E-state index contributed by atoms with van der Waals surface area (Å²) in [5.41, 5.74) is 0. The predicted octanol–water partition coefficient (Wildman–Crippen LogP) is 0.938. The Hall–Kier alpha value is -0.0800. The fourth-order valence-corrected chi connectivity index (χ4v) is 2.94. The third kappa shape index (κ3) is 1.75. The van der Waals surface area contributed by atoms with Crippen molar-refractivity contribution in [2.24, 2.45) is 17.8 Å². The van der Waals surface area contributed by atoms with Crippen LogP contribution in [-0.4, -0.2) is 37.6 Å². The van der Waals surface area contributed by atoms with E-state index in [1.54, 1.807) is 0 Å². The lowest BCUT2D eigenvalue weighted by Gasteiger charge is -2.34. The number of nitrogens with one attached hydrogen (secondary N) is 1. The first kappa shape index (κ1) is 8.25. The monoisotopic (exact) mass is 180 g/mol. The molecule has 2 nitrogen and oxygen atoms in total. The quantitative estimate of drug-likeness (QED) is 0.680. The first-order chi connectivity index (χ1) is 6.42. The zero-order chi connectivity index (χ0) is 8.67. The lowest BCUT2D eigenvalue weighted by atomic mass is 9.88. The Morgan fingerprint density at radius 1 is 1.08 bits per heavy atom. The maximum absolute atomic E-state index is 3.53. The average molecular weight is 180 g/mol. The van der Waals surface area contributed by atoms with Crippen LogP contribution < -0.4 is 5.32 Å². The van der Waals surface area contributed by atoms with Crippen molar-refractivity contribution in [2.45, 2.75) is 19.3 Å². The van der Waals surface area contributed by atoms with Crippen molar-refractivity contribution in [1.82, 2.24) is 10.2 Å². The summed E-state index contributed by atoms with van der Waals surface area (Å²) in [5, 5.41) is 3.53. The van der Waals surface area contributed by atoms with Crippen LogP contribution in [0.25, 0.3) is 0 Å². The molecule has 3 aliphatic rings. The van der Waals surface area contributed by atoms with Crippen molar-refractivity contribution >= 4 is 0 Å². The van der Waals surface area contributed by atoms with Gasteiger partial charge >= 0.3 is 0 Å². The normalized spacial score (nSPS) is 40.6. The molecule has 0 radical (unpaired) electrons. The Kier molecular flexibility index (Phi) is 2.06. The molecule has 2 atom stereocenters. The van der Waals surface area contributed by atoms with Gasteiger partial charge in [0.1, 0.15) is 0 Å². The molecule has 2 unspecified atom stereocenters. The van der Waals surface area contributed by atoms with Crippen LogP contribution in [0.5, 0.6) is 0 Å². The molecule has 2 aliphatic heterocycles.